The lowest BCUT2D eigenvalue weighted by atomic mass is 9.89. The lowest BCUT2D eigenvalue weighted by Gasteiger charge is -2.45. The number of unbranched alkanes of at least 4 members (excludes halogenated alkanes) is 5. The van der Waals surface area contributed by atoms with Crippen molar-refractivity contribution in [2.24, 2.45) is 0 Å². The summed E-state index contributed by atoms with van der Waals surface area (Å²) in [7, 11) is 0. The number of ether oxygens (including phenoxy) is 3. The summed E-state index contributed by atoms with van der Waals surface area (Å²) in [6.07, 6.45) is 7.98. The Morgan fingerprint density at radius 1 is 0.731 bits per heavy atom. The van der Waals surface area contributed by atoms with Gasteiger partial charge in [-0.2, -0.15) is 0 Å². The Morgan fingerprint density at radius 3 is 1.73 bits per heavy atom. The van der Waals surface area contributed by atoms with Crippen LogP contribution in [0.3, 0.4) is 0 Å². The molecule has 0 heterocycles. The Labute approximate surface area is 165 Å². The van der Waals surface area contributed by atoms with Gasteiger partial charge < -0.3 is 14.2 Å². The van der Waals surface area contributed by atoms with Crippen LogP contribution in [0.5, 0.6) is 0 Å². The van der Waals surface area contributed by atoms with E-state index in [0.29, 0.717) is 19.8 Å². The lowest BCUT2D eigenvalue weighted by molar-refractivity contribution is -0.397. The first-order valence-corrected chi connectivity index (χ1v) is 10.6. The van der Waals surface area contributed by atoms with E-state index in [9.17, 15) is 0 Å². The van der Waals surface area contributed by atoms with Crippen LogP contribution in [0.15, 0.2) is 30.3 Å². The van der Waals surface area contributed by atoms with Crippen LogP contribution in [0.1, 0.15) is 78.2 Å². The van der Waals surface area contributed by atoms with Crippen LogP contribution >= 0.6 is 11.6 Å². The van der Waals surface area contributed by atoms with Crippen molar-refractivity contribution >= 4 is 11.6 Å². The number of alkyl halides is 1. The maximum absolute atomic E-state index is 7.29. The van der Waals surface area contributed by atoms with Gasteiger partial charge in [-0.05, 0) is 32.8 Å². The monoisotopic (exact) mass is 384 g/mol. The molecule has 4 heteroatoms. The molecule has 26 heavy (non-hydrogen) atoms. The molecule has 3 nitrogen and oxygen atoms in total. The Bertz CT molecular complexity index is 449. The van der Waals surface area contributed by atoms with Crippen molar-refractivity contribution in [2.75, 3.05) is 19.8 Å². The van der Waals surface area contributed by atoms with Gasteiger partial charge >= 0.3 is 5.97 Å². The van der Waals surface area contributed by atoms with Gasteiger partial charge in [0, 0.05) is 19.8 Å². The first-order chi connectivity index (χ1) is 12.6. The lowest BCUT2D eigenvalue weighted by Crippen LogP contribution is -2.54. The standard InChI is InChI=1S/C22H37ClO3/c1-5-9-10-11-12-16-19-21(23,20-17-14-13-15-18-20)22(24-6-2,25-7-3)26-8-4/h13-15,17-18H,5-12,16,19H2,1-4H3. The zero-order valence-electron chi connectivity index (χ0n) is 17.1. The van der Waals surface area contributed by atoms with Gasteiger partial charge in [0.25, 0.3) is 0 Å². The first-order valence-electron chi connectivity index (χ1n) is 10.3. The maximum atomic E-state index is 7.29. The first kappa shape index (κ1) is 23.4. The largest absolute Gasteiger partial charge is 0.326 e. The van der Waals surface area contributed by atoms with Gasteiger partial charge in [0.05, 0.1) is 0 Å². The molecule has 0 saturated heterocycles. The predicted octanol–water partition coefficient (Wildman–Crippen LogP) is 6.63. The van der Waals surface area contributed by atoms with E-state index in [1.165, 1.54) is 25.7 Å². The van der Waals surface area contributed by atoms with Crippen molar-refractivity contribution in [1.29, 1.82) is 0 Å². The highest BCUT2D eigenvalue weighted by molar-refractivity contribution is 6.24. The van der Waals surface area contributed by atoms with Crippen LogP contribution in [0.2, 0.25) is 0 Å². The molecular formula is C22H37ClO3. The smallest absolute Gasteiger partial charge is 0.307 e. The fourth-order valence-electron chi connectivity index (χ4n) is 3.36. The van der Waals surface area contributed by atoms with Crippen molar-refractivity contribution < 1.29 is 14.2 Å². The number of benzene rings is 1. The molecule has 0 bridgehead atoms. The molecule has 0 amide bonds. The summed E-state index contributed by atoms with van der Waals surface area (Å²) in [5.74, 6) is -1.28. The SMILES string of the molecule is CCCCCCCCC(Cl)(c1ccccc1)C(OCC)(OCC)OCC. The summed E-state index contributed by atoms with van der Waals surface area (Å²) >= 11 is 7.29. The molecule has 150 valence electrons. The Balaban J connectivity index is 3.07. The molecule has 0 aliphatic heterocycles. The highest BCUT2D eigenvalue weighted by Gasteiger charge is 2.55. The quantitative estimate of drug-likeness (QED) is 0.193. The number of hydrogen-bond acceptors (Lipinski definition) is 3. The number of halogens is 1. The van der Waals surface area contributed by atoms with Crippen LogP contribution in [0, 0.1) is 0 Å². The molecule has 0 aromatic heterocycles. The van der Waals surface area contributed by atoms with Gasteiger partial charge in [0.15, 0.2) is 4.87 Å². The van der Waals surface area contributed by atoms with Crippen LogP contribution in [0.4, 0.5) is 0 Å². The molecule has 0 fully saturated rings. The molecule has 0 aliphatic carbocycles. The molecule has 1 atom stereocenters. The molecule has 0 radical (unpaired) electrons. The summed E-state index contributed by atoms with van der Waals surface area (Å²) in [4.78, 5) is -0.888. The van der Waals surface area contributed by atoms with E-state index in [2.05, 4.69) is 6.92 Å². The Kier molecular flexibility index (Phi) is 11.5. The molecular weight excluding hydrogens is 348 g/mol. The van der Waals surface area contributed by atoms with E-state index in [-0.39, 0.29) is 0 Å². The second-order valence-corrected chi connectivity index (χ2v) is 7.19. The van der Waals surface area contributed by atoms with E-state index in [0.717, 1.165) is 24.8 Å². The summed E-state index contributed by atoms with van der Waals surface area (Å²) in [6, 6.07) is 10.1. The van der Waals surface area contributed by atoms with E-state index in [1.54, 1.807) is 0 Å². The summed E-state index contributed by atoms with van der Waals surface area (Å²) in [5, 5.41) is 0. The summed E-state index contributed by atoms with van der Waals surface area (Å²) in [5.41, 5.74) is 0.977. The fourth-order valence-corrected chi connectivity index (χ4v) is 3.79. The molecule has 0 spiro atoms. The fraction of sp³-hybridized carbons (Fsp3) is 0.727. The van der Waals surface area contributed by atoms with Gasteiger partial charge in [-0.3, -0.25) is 0 Å². The van der Waals surface area contributed by atoms with Crippen molar-refractivity contribution in [1.82, 2.24) is 0 Å². The third kappa shape index (κ3) is 6.23. The van der Waals surface area contributed by atoms with E-state index < -0.39 is 10.8 Å². The van der Waals surface area contributed by atoms with Gasteiger partial charge in [-0.1, -0.05) is 75.8 Å². The van der Waals surface area contributed by atoms with E-state index in [4.69, 9.17) is 25.8 Å². The Hall–Kier alpha value is -0.610. The third-order valence-electron chi connectivity index (χ3n) is 4.59. The molecule has 1 aromatic carbocycles. The zero-order valence-corrected chi connectivity index (χ0v) is 17.8. The number of rotatable bonds is 15. The highest BCUT2D eigenvalue weighted by Crippen LogP contribution is 2.47. The highest BCUT2D eigenvalue weighted by atomic mass is 35.5. The third-order valence-corrected chi connectivity index (χ3v) is 5.23. The normalized spacial score (nSPS) is 14.3. The number of hydrogen-bond donors (Lipinski definition) is 0. The van der Waals surface area contributed by atoms with Crippen LogP contribution in [0.25, 0.3) is 0 Å². The molecule has 1 aromatic rings. The minimum Gasteiger partial charge on any atom is -0.326 e. The maximum Gasteiger partial charge on any atom is 0.307 e. The summed E-state index contributed by atoms with van der Waals surface area (Å²) in [6.45, 7) is 9.48. The van der Waals surface area contributed by atoms with E-state index in [1.807, 2.05) is 51.1 Å². The average Bonchev–Trinajstić information content (AvgIpc) is 2.65. The summed E-state index contributed by atoms with van der Waals surface area (Å²) < 4.78 is 18.1. The Morgan fingerprint density at radius 2 is 1.23 bits per heavy atom. The molecule has 1 unspecified atom stereocenters. The van der Waals surface area contributed by atoms with Crippen molar-refractivity contribution in [3.8, 4) is 0 Å². The minimum absolute atomic E-state index is 0.470. The zero-order chi connectivity index (χ0) is 19.3. The predicted molar refractivity (Wildman–Crippen MR) is 110 cm³/mol. The second kappa shape index (κ2) is 12.7. The van der Waals surface area contributed by atoms with Crippen LogP contribution < -0.4 is 0 Å². The average molecular weight is 385 g/mol. The van der Waals surface area contributed by atoms with Gasteiger partial charge in [-0.25, -0.2) is 0 Å². The minimum atomic E-state index is -1.28. The van der Waals surface area contributed by atoms with E-state index >= 15 is 0 Å². The van der Waals surface area contributed by atoms with Crippen LogP contribution in [-0.2, 0) is 19.1 Å². The molecule has 0 N–H and O–H groups in total. The second-order valence-electron chi connectivity index (χ2n) is 6.54. The topological polar surface area (TPSA) is 27.7 Å². The molecule has 0 aliphatic rings. The van der Waals surface area contributed by atoms with Crippen molar-refractivity contribution in [2.45, 2.75) is 83.5 Å². The van der Waals surface area contributed by atoms with Crippen molar-refractivity contribution in [3.63, 3.8) is 0 Å². The van der Waals surface area contributed by atoms with Crippen molar-refractivity contribution in [3.05, 3.63) is 35.9 Å². The van der Waals surface area contributed by atoms with Gasteiger partial charge in [0.2, 0.25) is 0 Å². The molecule has 1 rings (SSSR count). The molecule has 0 saturated carbocycles. The van der Waals surface area contributed by atoms with Crippen LogP contribution in [-0.4, -0.2) is 25.8 Å². The van der Waals surface area contributed by atoms with Gasteiger partial charge in [-0.15, -0.1) is 11.6 Å². The van der Waals surface area contributed by atoms with Gasteiger partial charge in [0.1, 0.15) is 0 Å².